The fraction of sp³-hybridized carbons (Fsp3) is 0.0870. The monoisotopic (exact) mass is 376 g/mol. The van der Waals surface area contributed by atoms with Crippen LogP contribution in [0.1, 0.15) is 12.5 Å². The molecule has 1 heterocycles. The molecule has 1 aromatic heterocycles. The molecule has 0 spiro atoms. The van der Waals surface area contributed by atoms with Crippen molar-refractivity contribution in [1.82, 2.24) is 4.98 Å². The molecule has 2 nitrogen and oxygen atoms in total. The van der Waals surface area contributed by atoms with E-state index in [-0.39, 0.29) is 5.02 Å². The molecular weight excluding hydrogens is 359 g/mol. The van der Waals surface area contributed by atoms with Gasteiger partial charge in [0.05, 0.1) is 10.5 Å². The van der Waals surface area contributed by atoms with Crippen molar-refractivity contribution in [2.24, 2.45) is 0 Å². The first-order chi connectivity index (χ1) is 13.1. The Morgan fingerprint density at radius 3 is 2.59 bits per heavy atom. The van der Waals surface area contributed by atoms with Crippen LogP contribution >= 0.6 is 11.6 Å². The van der Waals surface area contributed by atoms with Crippen molar-refractivity contribution >= 4 is 28.2 Å². The minimum Gasteiger partial charge on any atom is -0.398 e. The van der Waals surface area contributed by atoms with E-state index in [4.69, 9.17) is 17.3 Å². The second-order valence-electron chi connectivity index (χ2n) is 6.45. The molecular formula is C23H18ClFN2. The van der Waals surface area contributed by atoms with Gasteiger partial charge in [0.15, 0.2) is 0 Å². The highest BCUT2D eigenvalue weighted by Gasteiger charge is 2.14. The Balaban J connectivity index is 1.98. The van der Waals surface area contributed by atoms with Crippen LogP contribution in [0, 0.1) is 5.82 Å². The number of aryl methyl sites for hydroxylation is 1. The summed E-state index contributed by atoms with van der Waals surface area (Å²) in [7, 11) is 0. The number of hydrogen-bond acceptors (Lipinski definition) is 2. The summed E-state index contributed by atoms with van der Waals surface area (Å²) in [4.78, 5) is 4.37. The first-order valence-electron chi connectivity index (χ1n) is 8.80. The standard InChI is InChI=1S/C23H18ClFN2/c1-2-14-4-3-5-17(23(14)16-6-8-20(25)19(24)13-16)15-7-9-22-18(12-15)21(26)10-11-27-22/h3-13H,2H2,1H3,(H2,26,27). The van der Waals surface area contributed by atoms with Crippen LogP contribution in [0.3, 0.4) is 0 Å². The average molecular weight is 377 g/mol. The zero-order valence-electron chi connectivity index (χ0n) is 14.8. The number of anilines is 1. The number of rotatable bonds is 3. The molecule has 0 aliphatic rings. The van der Waals surface area contributed by atoms with Gasteiger partial charge < -0.3 is 5.73 Å². The van der Waals surface area contributed by atoms with E-state index in [1.54, 1.807) is 24.4 Å². The number of nitrogens with two attached hydrogens (primary N) is 1. The molecule has 27 heavy (non-hydrogen) atoms. The highest BCUT2D eigenvalue weighted by molar-refractivity contribution is 6.31. The molecule has 0 radical (unpaired) electrons. The lowest BCUT2D eigenvalue weighted by Gasteiger charge is -2.16. The third-order valence-electron chi connectivity index (χ3n) is 4.83. The van der Waals surface area contributed by atoms with Crippen molar-refractivity contribution < 1.29 is 4.39 Å². The van der Waals surface area contributed by atoms with E-state index in [0.717, 1.165) is 39.6 Å². The van der Waals surface area contributed by atoms with Gasteiger partial charge in [-0.2, -0.15) is 0 Å². The van der Waals surface area contributed by atoms with Crippen LogP contribution in [0.4, 0.5) is 10.1 Å². The topological polar surface area (TPSA) is 38.9 Å². The first kappa shape index (κ1) is 17.5. The maximum Gasteiger partial charge on any atom is 0.141 e. The van der Waals surface area contributed by atoms with E-state index in [1.165, 1.54) is 11.6 Å². The van der Waals surface area contributed by atoms with Gasteiger partial charge in [0.1, 0.15) is 5.82 Å². The van der Waals surface area contributed by atoms with Crippen LogP contribution in [0.2, 0.25) is 5.02 Å². The van der Waals surface area contributed by atoms with Gasteiger partial charge >= 0.3 is 0 Å². The number of pyridine rings is 1. The molecule has 4 heteroatoms. The fourth-order valence-corrected chi connectivity index (χ4v) is 3.64. The Labute approximate surface area is 162 Å². The molecule has 0 fully saturated rings. The molecule has 0 aliphatic heterocycles. The SMILES string of the molecule is CCc1cccc(-c2ccc3nccc(N)c3c2)c1-c1ccc(F)c(Cl)c1. The van der Waals surface area contributed by atoms with E-state index in [2.05, 4.69) is 30.1 Å². The van der Waals surface area contributed by atoms with Crippen molar-refractivity contribution in [3.8, 4) is 22.3 Å². The summed E-state index contributed by atoms with van der Waals surface area (Å²) in [5.41, 5.74) is 12.9. The number of aromatic nitrogens is 1. The van der Waals surface area contributed by atoms with Gasteiger partial charge in [-0.3, -0.25) is 4.98 Å². The highest BCUT2D eigenvalue weighted by atomic mass is 35.5. The van der Waals surface area contributed by atoms with E-state index in [1.807, 2.05) is 18.2 Å². The molecule has 0 aliphatic carbocycles. The second kappa shape index (κ2) is 7.01. The van der Waals surface area contributed by atoms with Gasteiger partial charge in [-0.05, 0) is 64.6 Å². The average Bonchev–Trinajstić information content (AvgIpc) is 2.69. The van der Waals surface area contributed by atoms with Crippen molar-refractivity contribution in [3.05, 3.63) is 83.3 Å². The smallest absolute Gasteiger partial charge is 0.141 e. The molecule has 0 amide bonds. The van der Waals surface area contributed by atoms with Crippen LogP contribution in [-0.4, -0.2) is 4.98 Å². The predicted octanol–water partition coefficient (Wildman–Crippen LogP) is 6.51. The van der Waals surface area contributed by atoms with Crippen LogP contribution < -0.4 is 5.73 Å². The van der Waals surface area contributed by atoms with Gasteiger partial charge in [0.2, 0.25) is 0 Å². The van der Waals surface area contributed by atoms with Crippen LogP contribution in [0.5, 0.6) is 0 Å². The number of hydrogen-bond donors (Lipinski definition) is 1. The lowest BCUT2D eigenvalue weighted by molar-refractivity contribution is 0.628. The van der Waals surface area contributed by atoms with Gasteiger partial charge in [0.25, 0.3) is 0 Å². The zero-order valence-corrected chi connectivity index (χ0v) is 15.6. The largest absolute Gasteiger partial charge is 0.398 e. The Bertz CT molecular complexity index is 1150. The highest BCUT2D eigenvalue weighted by Crippen LogP contribution is 2.38. The molecule has 0 atom stereocenters. The summed E-state index contributed by atoms with van der Waals surface area (Å²) >= 11 is 6.06. The van der Waals surface area contributed by atoms with Crippen LogP contribution in [-0.2, 0) is 6.42 Å². The Kier molecular flexibility index (Phi) is 4.54. The number of nitrogens with zero attached hydrogens (tertiary/aromatic N) is 1. The summed E-state index contributed by atoms with van der Waals surface area (Å²) in [5.74, 6) is -0.416. The third-order valence-corrected chi connectivity index (χ3v) is 5.12. The lowest BCUT2D eigenvalue weighted by atomic mass is 9.89. The van der Waals surface area contributed by atoms with Crippen LogP contribution in [0.25, 0.3) is 33.2 Å². The van der Waals surface area contributed by atoms with Crippen LogP contribution in [0.15, 0.2) is 66.9 Å². The number of benzene rings is 3. The van der Waals surface area contributed by atoms with E-state index >= 15 is 0 Å². The molecule has 4 aromatic rings. The fourth-order valence-electron chi connectivity index (χ4n) is 3.46. The molecule has 0 saturated heterocycles. The molecule has 0 saturated carbocycles. The third kappa shape index (κ3) is 3.15. The maximum absolute atomic E-state index is 13.7. The Morgan fingerprint density at radius 2 is 1.81 bits per heavy atom. The van der Waals surface area contributed by atoms with Gasteiger partial charge in [-0.15, -0.1) is 0 Å². The maximum atomic E-state index is 13.7. The van der Waals surface area contributed by atoms with Crippen molar-refractivity contribution in [2.75, 3.05) is 5.73 Å². The molecule has 134 valence electrons. The summed E-state index contributed by atoms with van der Waals surface area (Å²) in [6, 6.07) is 18.9. The van der Waals surface area contributed by atoms with Gasteiger partial charge in [0, 0.05) is 17.3 Å². The van der Waals surface area contributed by atoms with Gasteiger partial charge in [-0.25, -0.2) is 4.39 Å². The molecule has 4 rings (SSSR count). The Morgan fingerprint density at radius 1 is 1.00 bits per heavy atom. The lowest BCUT2D eigenvalue weighted by Crippen LogP contribution is -1.94. The molecule has 0 bridgehead atoms. The molecule has 3 aromatic carbocycles. The number of fused-ring (bicyclic) bond motifs is 1. The van der Waals surface area contributed by atoms with E-state index < -0.39 is 5.82 Å². The predicted molar refractivity (Wildman–Crippen MR) is 111 cm³/mol. The summed E-state index contributed by atoms with van der Waals surface area (Å²) in [6.45, 7) is 2.11. The number of nitrogen functional groups attached to an aromatic ring is 1. The Hall–Kier alpha value is -2.91. The summed E-state index contributed by atoms with van der Waals surface area (Å²) in [6.07, 6.45) is 2.57. The first-order valence-corrected chi connectivity index (χ1v) is 9.18. The molecule has 0 unspecified atom stereocenters. The second-order valence-corrected chi connectivity index (χ2v) is 6.86. The minimum atomic E-state index is -0.416. The minimum absolute atomic E-state index is 0.122. The van der Waals surface area contributed by atoms with Crippen molar-refractivity contribution in [2.45, 2.75) is 13.3 Å². The summed E-state index contributed by atoms with van der Waals surface area (Å²) in [5, 5.41) is 1.04. The number of halogens is 2. The quantitative estimate of drug-likeness (QED) is 0.443. The van der Waals surface area contributed by atoms with Crippen molar-refractivity contribution in [3.63, 3.8) is 0 Å². The molecule has 2 N–H and O–H groups in total. The van der Waals surface area contributed by atoms with E-state index in [0.29, 0.717) is 5.69 Å². The van der Waals surface area contributed by atoms with E-state index in [9.17, 15) is 4.39 Å². The zero-order chi connectivity index (χ0) is 19.0. The summed E-state index contributed by atoms with van der Waals surface area (Å²) < 4.78 is 13.7. The van der Waals surface area contributed by atoms with Crippen molar-refractivity contribution in [1.29, 1.82) is 0 Å². The normalized spacial score (nSPS) is 11.1. The van der Waals surface area contributed by atoms with Gasteiger partial charge in [-0.1, -0.05) is 48.9 Å².